The van der Waals surface area contributed by atoms with E-state index in [1.54, 1.807) is 31.2 Å². The Kier molecular flexibility index (Phi) is 5.09. The second-order valence-corrected chi connectivity index (χ2v) is 7.55. The standard InChI is InChI=1S/C16H16ClNO4S/c1-11-14(17)7-4-8-15(11)23(21,22)18(2)10-12-5-3-6-13(9-12)16(19)20/h3-9H,10H2,1-2H3,(H,19,20). The van der Waals surface area contributed by atoms with Crippen molar-refractivity contribution in [3.63, 3.8) is 0 Å². The number of aromatic carboxylic acids is 1. The van der Waals surface area contributed by atoms with E-state index in [2.05, 4.69) is 0 Å². The van der Waals surface area contributed by atoms with E-state index in [0.29, 0.717) is 16.1 Å². The summed E-state index contributed by atoms with van der Waals surface area (Å²) in [5.41, 5.74) is 1.20. The van der Waals surface area contributed by atoms with Crippen LogP contribution in [0.2, 0.25) is 5.02 Å². The second-order valence-electron chi connectivity index (χ2n) is 5.13. The molecule has 2 rings (SSSR count). The van der Waals surface area contributed by atoms with Gasteiger partial charge in [0.15, 0.2) is 0 Å². The van der Waals surface area contributed by atoms with Crippen molar-refractivity contribution in [3.05, 3.63) is 64.2 Å². The third-order valence-corrected chi connectivity index (χ3v) is 5.84. The summed E-state index contributed by atoms with van der Waals surface area (Å²) in [5, 5.41) is 9.38. The molecule has 0 saturated heterocycles. The minimum absolute atomic E-state index is 0.0649. The zero-order valence-electron chi connectivity index (χ0n) is 12.7. The van der Waals surface area contributed by atoms with Crippen molar-refractivity contribution >= 4 is 27.6 Å². The molecule has 5 nitrogen and oxygen atoms in total. The molecule has 0 aromatic heterocycles. The molecule has 0 aliphatic carbocycles. The fourth-order valence-electron chi connectivity index (χ4n) is 2.18. The minimum atomic E-state index is -3.72. The molecule has 0 saturated carbocycles. The van der Waals surface area contributed by atoms with Crippen molar-refractivity contribution in [1.29, 1.82) is 0 Å². The topological polar surface area (TPSA) is 74.7 Å². The third kappa shape index (κ3) is 3.72. The highest BCUT2D eigenvalue weighted by atomic mass is 35.5. The molecule has 0 aliphatic heterocycles. The number of carboxylic acid groups (broad SMARTS) is 1. The van der Waals surface area contributed by atoms with Crippen LogP contribution in [0.4, 0.5) is 0 Å². The van der Waals surface area contributed by atoms with Gasteiger partial charge in [-0.1, -0.05) is 29.8 Å². The van der Waals surface area contributed by atoms with Gasteiger partial charge in [-0.2, -0.15) is 4.31 Å². The van der Waals surface area contributed by atoms with Crippen LogP contribution in [0, 0.1) is 6.92 Å². The molecule has 2 aromatic rings. The van der Waals surface area contributed by atoms with Gasteiger partial charge in [0, 0.05) is 18.6 Å². The SMILES string of the molecule is Cc1c(Cl)cccc1S(=O)(=O)N(C)Cc1cccc(C(=O)O)c1. The van der Waals surface area contributed by atoms with Crippen LogP contribution in [-0.4, -0.2) is 30.8 Å². The summed E-state index contributed by atoms with van der Waals surface area (Å²) in [6.07, 6.45) is 0. The first-order chi connectivity index (χ1) is 10.7. The van der Waals surface area contributed by atoms with Crippen LogP contribution in [0.1, 0.15) is 21.5 Å². The molecule has 0 radical (unpaired) electrons. The Hall–Kier alpha value is -1.89. The minimum Gasteiger partial charge on any atom is -0.478 e. The van der Waals surface area contributed by atoms with E-state index in [1.807, 2.05) is 0 Å². The maximum Gasteiger partial charge on any atom is 0.335 e. The molecule has 0 fully saturated rings. The Bertz CT molecular complexity index is 849. The zero-order valence-corrected chi connectivity index (χ0v) is 14.2. The van der Waals surface area contributed by atoms with E-state index in [-0.39, 0.29) is 17.0 Å². The highest BCUT2D eigenvalue weighted by molar-refractivity contribution is 7.89. The quantitative estimate of drug-likeness (QED) is 0.895. The summed E-state index contributed by atoms with van der Waals surface area (Å²) in [7, 11) is -2.27. The van der Waals surface area contributed by atoms with Crippen LogP contribution in [0.3, 0.4) is 0 Å². The number of rotatable bonds is 5. The fraction of sp³-hybridized carbons (Fsp3) is 0.188. The molecule has 7 heteroatoms. The number of carbonyl (C=O) groups is 1. The largest absolute Gasteiger partial charge is 0.478 e. The van der Waals surface area contributed by atoms with Crippen LogP contribution in [-0.2, 0) is 16.6 Å². The lowest BCUT2D eigenvalue weighted by molar-refractivity contribution is 0.0696. The Labute approximate surface area is 140 Å². The van der Waals surface area contributed by atoms with Gasteiger partial charge in [-0.3, -0.25) is 0 Å². The van der Waals surface area contributed by atoms with Crippen LogP contribution in [0.15, 0.2) is 47.4 Å². The predicted molar refractivity (Wildman–Crippen MR) is 88.2 cm³/mol. The van der Waals surface area contributed by atoms with Gasteiger partial charge in [-0.15, -0.1) is 0 Å². The lowest BCUT2D eigenvalue weighted by atomic mass is 10.1. The van der Waals surface area contributed by atoms with Crippen molar-refractivity contribution in [3.8, 4) is 0 Å². The molecule has 0 heterocycles. The van der Waals surface area contributed by atoms with E-state index in [1.165, 1.54) is 29.6 Å². The van der Waals surface area contributed by atoms with Crippen molar-refractivity contribution < 1.29 is 18.3 Å². The number of hydrogen-bond acceptors (Lipinski definition) is 3. The maximum absolute atomic E-state index is 12.7. The van der Waals surface area contributed by atoms with Gasteiger partial charge in [0.25, 0.3) is 0 Å². The molecule has 0 atom stereocenters. The normalized spacial score (nSPS) is 11.7. The van der Waals surface area contributed by atoms with Gasteiger partial charge < -0.3 is 5.11 Å². The monoisotopic (exact) mass is 353 g/mol. The van der Waals surface area contributed by atoms with E-state index < -0.39 is 16.0 Å². The molecule has 2 aromatic carbocycles. The second kappa shape index (κ2) is 6.70. The average Bonchev–Trinajstić information content (AvgIpc) is 2.50. The summed E-state index contributed by atoms with van der Waals surface area (Å²) in [5.74, 6) is -1.05. The van der Waals surface area contributed by atoms with Crippen molar-refractivity contribution in [2.75, 3.05) is 7.05 Å². The summed E-state index contributed by atoms with van der Waals surface area (Å²) in [4.78, 5) is 11.1. The fourth-order valence-corrected chi connectivity index (χ4v) is 3.81. The highest BCUT2D eigenvalue weighted by Gasteiger charge is 2.23. The molecule has 122 valence electrons. The first-order valence-electron chi connectivity index (χ1n) is 6.77. The first-order valence-corrected chi connectivity index (χ1v) is 8.59. The summed E-state index contributed by atoms with van der Waals surface area (Å²) in [6, 6.07) is 10.9. The smallest absolute Gasteiger partial charge is 0.335 e. The van der Waals surface area contributed by atoms with Gasteiger partial charge in [0.05, 0.1) is 10.5 Å². The number of benzene rings is 2. The molecule has 0 aliphatic rings. The molecule has 23 heavy (non-hydrogen) atoms. The predicted octanol–water partition coefficient (Wildman–Crippen LogP) is 3.17. The van der Waals surface area contributed by atoms with E-state index in [0.717, 1.165) is 0 Å². The summed E-state index contributed by atoms with van der Waals surface area (Å²) >= 11 is 5.99. The number of carboxylic acids is 1. The maximum atomic E-state index is 12.7. The average molecular weight is 354 g/mol. The van der Waals surface area contributed by atoms with Crippen molar-refractivity contribution in [2.24, 2.45) is 0 Å². The molecular weight excluding hydrogens is 338 g/mol. The van der Waals surface area contributed by atoms with E-state index in [9.17, 15) is 13.2 Å². The van der Waals surface area contributed by atoms with Gasteiger partial charge in [0.2, 0.25) is 10.0 Å². The van der Waals surface area contributed by atoms with Gasteiger partial charge >= 0.3 is 5.97 Å². The van der Waals surface area contributed by atoms with Crippen LogP contribution in [0.25, 0.3) is 0 Å². The summed E-state index contributed by atoms with van der Waals surface area (Å²) in [6.45, 7) is 1.71. The Balaban J connectivity index is 2.32. The van der Waals surface area contributed by atoms with Crippen molar-refractivity contribution in [1.82, 2.24) is 4.31 Å². The molecule has 1 N–H and O–H groups in total. The first kappa shape index (κ1) is 17.5. The Morgan fingerprint density at radius 1 is 1.22 bits per heavy atom. The third-order valence-electron chi connectivity index (χ3n) is 3.49. The number of hydrogen-bond donors (Lipinski definition) is 1. The lowest BCUT2D eigenvalue weighted by Gasteiger charge is -2.19. The zero-order chi connectivity index (χ0) is 17.2. The van der Waals surface area contributed by atoms with E-state index in [4.69, 9.17) is 16.7 Å². The summed E-state index contributed by atoms with van der Waals surface area (Å²) < 4.78 is 26.5. The lowest BCUT2D eigenvalue weighted by Crippen LogP contribution is -2.27. The molecule has 0 amide bonds. The number of halogens is 1. The molecule has 0 bridgehead atoms. The van der Waals surface area contributed by atoms with Crippen molar-refractivity contribution in [2.45, 2.75) is 18.4 Å². The van der Waals surface area contributed by atoms with Gasteiger partial charge in [-0.05, 0) is 42.3 Å². The van der Waals surface area contributed by atoms with Crippen LogP contribution >= 0.6 is 11.6 Å². The number of nitrogens with zero attached hydrogens (tertiary/aromatic N) is 1. The van der Waals surface area contributed by atoms with E-state index >= 15 is 0 Å². The number of sulfonamides is 1. The molecule has 0 spiro atoms. The Morgan fingerprint density at radius 2 is 1.87 bits per heavy atom. The molecular formula is C16H16ClNO4S. The van der Waals surface area contributed by atoms with Crippen LogP contribution < -0.4 is 0 Å². The van der Waals surface area contributed by atoms with Crippen LogP contribution in [0.5, 0.6) is 0 Å². The van der Waals surface area contributed by atoms with Gasteiger partial charge in [0.1, 0.15) is 0 Å². The highest BCUT2D eigenvalue weighted by Crippen LogP contribution is 2.25. The Morgan fingerprint density at radius 3 is 2.52 bits per heavy atom. The van der Waals surface area contributed by atoms with Gasteiger partial charge in [-0.25, -0.2) is 13.2 Å². The molecule has 0 unspecified atom stereocenters.